The molecule has 1 amide bonds. The molecule has 7 heteroatoms. The van der Waals surface area contributed by atoms with Gasteiger partial charge in [-0.05, 0) is 66.4 Å². The summed E-state index contributed by atoms with van der Waals surface area (Å²) in [4.78, 5) is 18.3. The Morgan fingerprint density at radius 1 is 0.971 bits per heavy atom. The minimum atomic E-state index is -0.210. The van der Waals surface area contributed by atoms with Gasteiger partial charge in [0.1, 0.15) is 11.6 Å². The van der Waals surface area contributed by atoms with Crippen LogP contribution in [-0.2, 0) is 6.42 Å². The number of carbonyl (C=O) groups excluding carboxylic acids is 1. The highest BCUT2D eigenvalue weighted by Gasteiger charge is 2.12. The van der Waals surface area contributed by atoms with Crippen LogP contribution in [0.15, 0.2) is 89.8 Å². The first-order valence-corrected chi connectivity index (χ1v) is 12.0. The highest BCUT2D eigenvalue weighted by molar-refractivity contribution is 7.98. The van der Waals surface area contributed by atoms with Gasteiger partial charge in [-0.1, -0.05) is 30.3 Å². The highest BCUT2D eigenvalue weighted by Crippen LogP contribution is 2.28. The van der Waals surface area contributed by atoms with Crippen LogP contribution in [0.5, 0.6) is 5.75 Å². The summed E-state index contributed by atoms with van der Waals surface area (Å²) in [7, 11) is 0. The maximum Gasteiger partial charge on any atom is 0.255 e. The van der Waals surface area contributed by atoms with Crippen molar-refractivity contribution in [3.8, 4) is 17.0 Å². The Labute approximate surface area is 203 Å². The first-order chi connectivity index (χ1) is 16.5. The van der Waals surface area contributed by atoms with Gasteiger partial charge >= 0.3 is 0 Å². The van der Waals surface area contributed by atoms with Crippen LogP contribution in [-0.4, -0.2) is 23.8 Å². The Balaban J connectivity index is 1.43. The molecule has 3 aromatic carbocycles. The van der Waals surface area contributed by atoms with E-state index in [4.69, 9.17) is 16.2 Å². The van der Waals surface area contributed by atoms with Gasteiger partial charge < -0.3 is 21.5 Å². The molecule has 0 atom stereocenters. The van der Waals surface area contributed by atoms with Crippen molar-refractivity contribution in [3.05, 3.63) is 96.1 Å². The van der Waals surface area contributed by atoms with Gasteiger partial charge in [-0.3, -0.25) is 4.79 Å². The molecule has 0 fully saturated rings. The van der Waals surface area contributed by atoms with Gasteiger partial charge in [-0.25, -0.2) is 4.98 Å². The number of aromatic nitrogens is 1. The van der Waals surface area contributed by atoms with Crippen LogP contribution < -0.4 is 21.5 Å². The van der Waals surface area contributed by atoms with Gasteiger partial charge in [0.15, 0.2) is 0 Å². The number of amides is 1. The molecule has 5 N–H and O–H groups in total. The Morgan fingerprint density at radius 3 is 2.44 bits per heavy atom. The second-order valence-corrected chi connectivity index (χ2v) is 8.56. The fraction of sp³-hybridized carbons (Fsp3) is 0.111. The zero-order valence-electron chi connectivity index (χ0n) is 18.8. The standard InChI is InChI=1S/C27H26N4O2S/c1-34-23-16-19(25-12-11-24(28)26(29)31-25)15-20(17-23)27(32)30-21-7-9-22(10-8-21)33-14-13-18-5-3-2-4-6-18/h2-12,15-17H,13-14,28H2,1H3,(H2,29,31)(H,30,32). The summed E-state index contributed by atoms with van der Waals surface area (Å²) in [6.07, 6.45) is 2.80. The predicted octanol–water partition coefficient (Wildman–Crippen LogP) is 5.51. The topological polar surface area (TPSA) is 103 Å². The van der Waals surface area contributed by atoms with Gasteiger partial charge in [0.2, 0.25) is 0 Å². The van der Waals surface area contributed by atoms with E-state index in [1.807, 2.05) is 60.9 Å². The van der Waals surface area contributed by atoms with Crippen molar-refractivity contribution >= 4 is 34.9 Å². The third-order valence-electron chi connectivity index (χ3n) is 5.27. The Morgan fingerprint density at radius 2 is 1.74 bits per heavy atom. The lowest BCUT2D eigenvalue weighted by Crippen LogP contribution is -2.12. The van der Waals surface area contributed by atoms with E-state index in [1.165, 1.54) is 5.56 Å². The minimum Gasteiger partial charge on any atom is -0.493 e. The Hall–Kier alpha value is -3.97. The van der Waals surface area contributed by atoms with Crippen molar-refractivity contribution in [3.63, 3.8) is 0 Å². The van der Waals surface area contributed by atoms with E-state index in [1.54, 1.807) is 30.0 Å². The largest absolute Gasteiger partial charge is 0.493 e. The fourth-order valence-electron chi connectivity index (χ4n) is 3.41. The first-order valence-electron chi connectivity index (χ1n) is 10.8. The molecular weight excluding hydrogens is 444 g/mol. The molecule has 0 saturated heterocycles. The Kier molecular flexibility index (Phi) is 7.34. The second-order valence-electron chi connectivity index (χ2n) is 7.68. The maximum absolute atomic E-state index is 13.0. The molecule has 172 valence electrons. The molecule has 6 nitrogen and oxygen atoms in total. The molecule has 34 heavy (non-hydrogen) atoms. The SMILES string of the molecule is CSc1cc(C(=O)Nc2ccc(OCCc3ccccc3)cc2)cc(-c2ccc(N)c(N)n2)c1. The summed E-state index contributed by atoms with van der Waals surface area (Å²) in [6.45, 7) is 0.587. The zero-order chi connectivity index (χ0) is 23.9. The number of benzene rings is 3. The van der Waals surface area contributed by atoms with Crippen molar-refractivity contribution in [2.24, 2.45) is 0 Å². The van der Waals surface area contributed by atoms with E-state index >= 15 is 0 Å². The lowest BCUT2D eigenvalue weighted by atomic mass is 10.1. The van der Waals surface area contributed by atoms with Crippen molar-refractivity contribution in [1.82, 2.24) is 4.98 Å². The smallest absolute Gasteiger partial charge is 0.255 e. The summed E-state index contributed by atoms with van der Waals surface area (Å²) in [5.74, 6) is 0.815. The van der Waals surface area contributed by atoms with Crippen molar-refractivity contribution in [1.29, 1.82) is 0 Å². The lowest BCUT2D eigenvalue weighted by molar-refractivity contribution is 0.102. The fourth-order valence-corrected chi connectivity index (χ4v) is 3.90. The molecule has 4 aromatic rings. The van der Waals surface area contributed by atoms with Crippen LogP contribution in [0.3, 0.4) is 0 Å². The number of rotatable bonds is 8. The Bertz CT molecular complexity index is 1280. The van der Waals surface area contributed by atoms with Crippen molar-refractivity contribution in [2.75, 3.05) is 29.6 Å². The summed E-state index contributed by atoms with van der Waals surface area (Å²) in [6, 6.07) is 26.7. The van der Waals surface area contributed by atoms with Gasteiger partial charge in [0, 0.05) is 28.1 Å². The minimum absolute atomic E-state index is 0.210. The molecule has 0 saturated carbocycles. The van der Waals surface area contributed by atoms with Crippen LogP contribution in [0.4, 0.5) is 17.2 Å². The summed E-state index contributed by atoms with van der Waals surface area (Å²) in [5.41, 5.74) is 16.0. The summed E-state index contributed by atoms with van der Waals surface area (Å²) in [5, 5.41) is 2.95. The average Bonchev–Trinajstić information content (AvgIpc) is 2.87. The quantitative estimate of drug-likeness (QED) is 0.294. The number of carbonyl (C=O) groups is 1. The van der Waals surface area contributed by atoms with E-state index in [2.05, 4.69) is 22.4 Å². The van der Waals surface area contributed by atoms with Crippen LogP contribution in [0.25, 0.3) is 11.3 Å². The van der Waals surface area contributed by atoms with Gasteiger partial charge in [0.05, 0.1) is 18.0 Å². The summed E-state index contributed by atoms with van der Waals surface area (Å²) < 4.78 is 5.83. The van der Waals surface area contributed by atoms with E-state index in [9.17, 15) is 4.79 Å². The molecule has 0 aliphatic carbocycles. The summed E-state index contributed by atoms with van der Waals surface area (Å²) >= 11 is 1.55. The normalized spacial score (nSPS) is 10.6. The van der Waals surface area contributed by atoms with Gasteiger partial charge in [-0.2, -0.15) is 0 Å². The number of nitrogens with two attached hydrogens (primary N) is 2. The van der Waals surface area contributed by atoms with Crippen LogP contribution in [0.2, 0.25) is 0 Å². The number of nitrogens with one attached hydrogen (secondary N) is 1. The van der Waals surface area contributed by atoms with Crippen LogP contribution in [0, 0.1) is 0 Å². The second kappa shape index (κ2) is 10.8. The average molecular weight is 471 g/mol. The van der Waals surface area contributed by atoms with E-state index in [0.29, 0.717) is 29.2 Å². The lowest BCUT2D eigenvalue weighted by Gasteiger charge is -2.11. The first kappa shape index (κ1) is 23.2. The number of ether oxygens (including phenoxy) is 1. The van der Waals surface area contributed by atoms with Crippen LogP contribution >= 0.6 is 11.8 Å². The van der Waals surface area contributed by atoms with E-state index in [0.717, 1.165) is 22.6 Å². The molecule has 0 aliphatic rings. The molecular formula is C27H26N4O2S. The molecule has 0 bridgehead atoms. The number of anilines is 3. The van der Waals surface area contributed by atoms with Crippen molar-refractivity contribution in [2.45, 2.75) is 11.3 Å². The number of nitrogen functional groups attached to an aromatic ring is 2. The molecule has 0 unspecified atom stereocenters. The number of hydrogen-bond acceptors (Lipinski definition) is 6. The zero-order valence-corrected chi connectivity index (χ0v) is 19.6. The van der Waals surface area contributed by atoms with Gasteiger partial charge in [-0.15, -0.1) is 11.8 Å². The maximum atomic E-state index is 13.0. The third kappa shape index (κ3) is 5.88. The molecule has 4 rings (SSSR count). The number of thioether (sulfide) groups is 1. The van der Waals surface area contributed by atoms with Gasteiger partial charge in [0.25, 0.3) is 5.91 Å². The third-order valence-corrected chi connectivity index (χ3v) is 5.98. The van der Waals surface area contributed by atoms with Crippen LogP contribution in [0.1, 0.15) is 15.9 Å². The van der Waals surface area contributed by atoms with E-state index < -0.39 is 0 Å². The molecule has 0 radical (unpaired) electrons. The highest BCUT2D eigenvalue weighted by atomic mass is 32.2. The number of hydrogen-bond donors (Lipinski definition) is 3. The van der Waals surface area contributed by atoms with E-state index in [-0.39, 0.29) is 11.7 Å². The molecule has 0 spiro atoms. The molecule has 0 aliphatic heterocycles. The molecule has 1 aromatic heterocycles. The molecule has 1 heterocycles. The number of pyridine rings is 1. The predicted molar refractivity (Wildman–Crippen MR) is 140 cm³/mol. The monoisotopic (exact) mass is 470 g/mol. The van der Waals surface area contributed by atoms with Crippen molar-refractivity contribution < 1.29 is 9.53 Å². The number of nitrogens with zero attached hydrogens (tertiary/aromatic N) is 1.